The minimum atomic E-state index is 0.143. The number of nitrogens with zero attached hydrogens (tertiary/aromatic N) is 1. The van der Waals surface area contributed by atoms with Crippen LogP contribution in [0.4, 0.5) is 0 Å². The van der Waals surface area contributed by atoms with E-state index < -0.39 is 0 Å². The van der Waals surface area contributed by atoms with Crippen LogP contribution in [-0.4, -0.2) is 23.9 Å². The van der Waals surface area contributed by atoms with Crippen molar-refractivity contribution in [2.75, 3.05) is 13.1 Å². The van der Waals surface area contributed by atoms with Crippen LogP contribution in [0.2, 0.25) is 0 Å². The predicted octanol–water partition coefficient (Wildman–Crippen LogP) is 3.94. The molecule has 0 aliphatic heterocycles. The second-order valence-corrected chi connectivity index (χ2v) is 5.62. The van der Waals surface area contributed by atoms with Crippen molar-refractivity contribution in [2.24, 2.45) is 5.92 Å². The third kappa shape index (κ3) is 4.03. The van der Waals surface area contributed by atoms with Gasteiger partial charge in [0, 0.05) is 23.4 Å². The molecular weight excluding hydrogens is 250 g/mol. The molecule has 0 aromatic carbocycles. The largest absolute Gasteiger partial charge is 0.338 e. The summed E-state index contributed by atoms with van der Waals surface area (Å²) in [5, 5.41) is 1.90. The molecule has 0 saturated heterocycles. The first-order chi connectivity index (χ1) is 8.12. The number of thiophene rings is 1. The number of carbonyl (C=O) groups is 1. The highest BCUT2D eigenvalue weighted by molar-refractivity contribution is 7.80. The van der Waals surface area contributed by atoms with E-state index in [1.165, 1.54) is 11.3 Å². The first-order valence-electron chi connectivity index (χ1n) is 6.19. The van der Waals surface area contributed by atoms with E-state index in [0.29, 0.717) is 5.92 Å². The lowest BCUT2D eigenvalue weighted by molar-refractivity contribution is 0.0739. The Labute approximate surface area is 113 Å². The summed E-state index contributed by atoms with van der Waals surface area (Å²) in [7, 11) is 0. The van der Waals surface area contributed by atoms with Gasteiger partial charge in [-0.1, -0.05) is 26.7 Å². The molecule has 0 saturated carbocycles. The Balaban J connectivity index is 2.70. The molecule has 1 aromatic rings. The van der Waals surface area contributed by atoms with Crippen LogP contribution in [0.1, 0.15) is 43.3 Å². The van der Waals surface area contributed by atoms with Crippen LogP contribution in [0.5, 0.6) is 0 Å². The van der Waals surface area contributed by atoms with Gasteiger partial charge in [-0.2, -0.15) is 0 Å². The van der Waals surface area contributed by atoms with Crippen molar-refractivity contribution in [3.05, 3.63) is 16.3 Å². The van der Waals surface area contributed by atoms with Crippen LogP contribution in [0.25, 0.3) is 0 Å². The van der Waals surface area contributed by atoms with E-state index in [1.54, 1.807) is 0 Å². The fourth-order valence-corrected chi connectivity index (χ4v) is 2.92. The van der Waals surface area contributed by atoms with E-state index in [-0.39, 0.29) is 5.91 Å². The van der Waals surface area contributed by atoms with Gasteiger partial charge in [-0.3, -0.25) is 4.79 Å². The van der Waals surface area contributed by atoms with Crippen molar-refractivity contribution in [2.45, 2.75) is 38.5 Å². The second kappa shape index (κ2) is 7.07. The van der Waals surface area contributed by atoms with E-state index in [9.17, 15) is 4.79 Å². The van der Waals surface area contributed by atoms with Gasteiger partial charge in [0.15, 0.2) is 0 Å². The zero-order valence-electron chi connectivity index (χ0n) is 10.8. The van der Waals surface area contributed by atoms with E-state index >= 15 is 0 Å². The van der Waals surface area contributed by atoms with Gasteiger partial charge in [-0.05, 0) is 18.9 Å². The topological polar surface area (TPSA) is 20.3 Å². The molecule has 0 aliphatic carbocycles. The van der Waals surface area contributed by atoms with Gasteiger partial charge in [-0.25, -0.2) is 0 Å². The van der Waals surface area contributed by atoms with Crippen LogP contribution in [0.15, 0.2) is 16.3 Å². The average molecular weight is 271 g/mol. The quantitative estimate of drug-likeness (QED) is 0.777. The van der Waals surface area contributed by atoms with Crippen molar-refractivity contribution in [3.8, 4) is 0 Å². The molecule has 2 nitrogen and oxygen atoms in total. The highest BCUT2D eigenvalue weighted by Gasteiger charge is 2.18. The Hall–Kier alpha value is -0.480. The monoisotopic (exact) mass is 271 g/mol. The van der Waals surface area contributed by atoms with E-state index in [2.05, 4.69) is 26.5 Å². The standard InChI is InChI=1S/C13H21NOS2/c1-4-10(5-2)8-14(6-3)13(15)12-7-11(16)9-17-12/h7,9-10,16H,4-6,8H2,1-3H3. The van der Waals surface area contributed by atoms with Crippen LogP contribution in [0, 0.1) is 5.92 Å². The molecule has 0 atom stereocenters. The summed E-state index contributed by atoms with van der Waals surface area (Å²) in [6.07, 6.45) is 2.26. The maximum absolute atomic E-state index is 12.3. The van der Waals surface area contributed by atoms with Crippen molar-refractivity contribution in [1.29, 1.82) is 0 Å². The van der Waals surface area contributed by atoms with E-state index in [0.717, 1.165) is 35.7 Å². The lowest BCUT2D eigenvalue weighted by Gasteiger charge is -2.24. The molecular formula is C13H21NOS2. The average Bonchev–Trinajstić information content (AvgIpc) is 2.77. The summed E-state index contributed by atoms with van der Waals surface area (Å²) in [5.41, 5.74) is 0. The number of hydrogen-bond donors (Lipinski definition) is 1. The van der Waals surface area contributed by atoms with E-state index in [4.69, 9.17) is 0 Å². The summed E-state index contributed by atoms with van der Waals surface area (Å²) in [6, 6.07) is 1.85. The molecule has 1 amide bonds. The molecule has 1 heterocycles. The second-order valence-electron chi connectivity index (χ2n) is 4.20. The Morgan fingerprint density at radius 1 is 1.41 bits per heavy atom. The normalized spacial score (nSPS) is 10.9. The lowest BCUT2D eigenvalue weighted by atomic mass is 10.0. The molecule has 0 radical (unpaired) electrons. The molecule has 1 aromatic heterocycles. The van der Waals surface area contributed by atoms with Crippen molar-refractivity contribution in [1.82, 2.24) is 4.90 Å². The number of thiol groups is 1. The maximum Gasteiger partial charge on any atom is 0.263 e. The summed E-state index contributed by atoms with van der Waals surface area (Å²) >= 11 is 5.72. The number of hydrogen-bond acceptors (Lipinski definition) is 3. The van der Waals surface area contributed by atoms with Gasteiger partial charge in [0.05, 0.1) is 4.88 Å². The van der Waals surface area contributed by atoms with Gasteiger partial charge in [0.1, 0.15) is 0 Å². The smallest absolute Gasteiger partial charge is 0.263 e. The molecule has 0 fully saturated rings. The minimum absolute atomic E-state index is 0.143. The molecule has 0 spiro atoms. The van der Waals surface area contributed by atoms with Gasteiger partial charge < -0.3 is 4.90 Å². The predicted molar refractivity (Wildman–Crippen MR) is 77.2 cm³/mol. The Bertz CT molecular complexity index is 358. The lowest BCUT2D eigenvalue weighted by Crippen LogP contribution is -2.34. The Kier molecular flexibility index (Phi) is 6.06. The Morgan fingerprint density at radius 2 is 2.06 bits per heavy atom. The zero-order valence-corrected chi connectivity index (χ0v) is 12.5. The molecule has 0 N–H and O–H groups in total. The van der Waals surface area contributed by atoms with Crippen LogP contribution >= 0.6 is 24.0 Å². The molecule has 17 heavy (non-hydrogen) atoms. The SMILES string of the molecule is CCC(CC)CN(CC)C(=O)c1cc(S)cs1. The fourth-order valence-electron chi connectivity index (χ4n) is 1.81. The third-order valence-electron chi connectivity index (χ3n) is 3.10. The summed E-state index contributed by atoms with van der Waals surface area (Å²) < 4.78 is 0. The van der Waals surface area contributed by atoms with Crippen LogP contribution < -0.4 is 0 Å². The molecule has 0 bridgehead atoms. The summed E-state index contributed by atoms with van der Waals surface area (Å²) in [4.78, 5) is 15.9. The summed E-state index contributed by atoms with van der Waals surface area (Å²) in [6.45, 7) is 8.04. The van der Waals surface area contributed by atoms with Gasteiger partial charge in [0.2, 0.25) is 0 Å². The molecule has 0 unspecified atom stereocenters. The summed E-state index contributed by atoms with van der Waals surface area (Å²) in [5.74, 6) is 0.749. The highest BCUT2D eigenvalue weighted by atomic mass is 32.1. The van der Waals surface area contributed by atoms with Crippen molar-refractivity contribution < 1.29 is 4.79 Å². The van der Waals surface area contributed by atoms with Crippen LogP contribution in [-0.2, 0) is 0 Å². The van der Waals surface area contributed by atoms with Crippen molar-refractivity contribution in [3.63, 3.8) is 0 Å². The molecule has 1 rings (SSSR count). The first-order valence-corrected chi connectivity index (χ1v) is 7.51. The zero-order chi connectivity index (χ0) is 12.8. The van der Waals surface area contributed by atoms with E-state index in [1.807, 2.05) is 23.3 Å². The highest BCUT2D eigenvalue weighted by Crippen LogP contribution is 2.20. The van der Waals surface area contributed by atoms with Crippen molar-refractivity contribution >= 4 is 29.9 Å². The minimum Gasteiger partial charge on any atom is -0.338 e. The molecule has 4 heteroatoms. The van der Waals surface area contributed by atoms with Gasteiger partial charge >= 0.3 is 0 Å². The van der Waals surface area contributed by atoms with Gasteiger partial charge in [0.25, 0.3) is 5.91 Å². The first kappa shape index (κ1) is 14.6. The number of amides is 1. The number of carbonyl (C=O) groups excluding carboxylic acids is 1. The number of rotatable bonds is 6. The molecule has 96 valence electrons. The fraction of sp³-hybridized carbons (Fsp3) is 0.615. The molecule has 0 aliphatic rings. The third-order valence-corrected chi connectivity index (χ3v) is 4.45. The van der Waals surface area contributed by atoms with Crippen LogP contribution in [0.3, 0.4) is 0 Å². The maximum atomic E-state index is 12.3. The van der Waals surface area contributed by atoms with Gasteiger partial charge in [-0.15, -0.1) is 24.0 Å². The Morgan fingerprint density at radius 3 is 2.47 bits per heavy atom.